The third kappa shape index (κ3) is 4.64. The largest absolute Gasteiger partial charge is 0.493 e. The number of rotatable bonds is 7. The van der Waals surface area contributed by atoms with Crippen LogP contribution in [0.1, 0.15) is 11.1 Å². The molecule has 3 aromatic rings. The number of H-pyrrole nitrogens is 1. The van der Waals surface area contributed by atoms with Gasteiger partial charge < -0.3 is 14.8 Å². The van der Waals surface area contributed by atoms with Gasteiger partial charge in [-0.05, 0) is 35.4 Å². The summed E-state index contributed by atoms with van der Waals surface area (Å²) < 4.78 is 12.3. The Labute approximate surface area is 158 Å². The summed E-state index contributed by atoms with van der Waals surface area (Å²) in [7, 11) is 1.61. The van der Waals surface area contributed by atoms with E-state index in [0.29, 0.717) is 35.6 Å². The zero-order valence-electron chi connectivity index (χ0n) is 13.4. The second-order valence-electron chi connectivity index (χ2n) is 5.20. The maximum absolute atomic E-state index is 6.00. The molecule has 0 saturated heterocycles. The summed E-state index contributed by atoms with van der Waals surface area (Å²) in [5, 5.41) is 10.4. The van der Waals surface area contributed by atoms with Crippen LogP contribution in [0.15, 0.2) is 47.2 Å². The number of aromatic nitrogens is 3. The number of ether oxygens (including phenoxy) is 2. The van der Waals surface area contributed by atoms with Crippen LogP contribution in [0.4, 0.5) is 5.95 Å². The van der Waals surface area contributed by atoms with Crippen molar-refractivity contribution in [3.63, 3.8) is 0 Å². The number of hydrogen-bond acceptors (Lipinski definition) is 5. The molecule has 25 heavy (non-hydrogen) atoms. The summed E-state index contributed by atoms with van der Waals surface area (Å²) in [5.41, 5.74) is 1.99. The van der Waals surface area contributed by atoms with Crippen LogP contribution in [0.25, 0.3) is 0 Å². The van der Waals surface area contributed by atoms with Gasteiger partial charge >= 0.3 is 0 Å². The van der Waals surface area contributed by atoms with Crippen molar-refractivity contribution in [3.05, 3.63) is 63.3 Å². The van der Waals surface area contributed by atoms with Crippen molar-refractivity contribution in [2.75, 3.05) is 12.4 Å². The Bertz CT molecular complexity index is 843. The van der Waals surface area contributed by atoms with Crippen LogP contribution >= 0.6 is 27.5 Å². The van der Waals surface area contributed by atoms with Gasteiger partial charge in [0.05, 0.1) is 7.11 Å². The van der Waals surface area contributed by atoms with E-state index < -0.39 is 0 Å². The highest BCUT2D eigenvalue weighted by Gasteiger charge is 2.11. The van der Waals surface area contributed by atoms with E-state index in [1.807, 2.05) is 36.4 Å². The molecule has 2 aromatic carbocycles. The van der Waals surface area contributed by atoms with Crippen molar-refractivity contribution in [2.45, 2.75) is 13.2 Å². The predicted molar refractivity (Wildman–Crippen MR) is 100 cm³/mol. The van der Waals surface area contributed by atoms with Crippen LogP contribution in [0, 0.1) is 0 Å². The zero-order chi connectivity index (χ0) is 17.6. The number of halogens is 2. The van der Waals surface area contributed by atoms with E-state index in [-0.39, 0.29) is 0 Å². The fraction of sp³-hybridized carbons (Fsp3) is 0.176. The molecule has 0 spiro atoms. The van der Waals surface area contributed by atoms with Crippen molar-refractivity contribution < 1.29 is 9.47 Å². The average molecular weight is 424 g/mol. The second-order valence-corrected chi connectivity index (χ2v) is 6.49. The fourth-order valence-corrected chi connectivity index (χ4v) is 2.92. The molecular weight excluding hydrogens is 408 g/mol. The minimum Gasteiger partial charge on any atom is -0.493 e. The van der Waals surface area contributed by atoms with Crippen molar-refractivity contribution in [3.8, 4) is 11.5 Å². The van der Waals surface area contributed by atoms with Gasteiger partial charge in [-0.3, -0.25) is 0 Å². The Hall–Kier alpha value is -2.25. The van der Waals surface area contributed by atoms with Crippen LogP contribution in [-0.4, -0.2) is 22.3 Å². The molecule has 0 unspecified atom stereocenters. The molecule has 0 radical (unpaired) electrons. The Morgan fingerprint density at radius 2 is 2.12 bits per heavy atom. The molecule has 1 aromatic heterocycles. The minimum atomic E-state index is 0.402. The van der Waals surface area contributed by atoms with Crippen molar-refractivity contribution >= 4 is 33.5 Å². The first-order valence-electron chi connectivity index (χ1n) is 7.48. The quantitative estimate of drug-likeness (QED) is 0.588. The summed E-state index contributed by atoms with van der Waals surface area (Å²) in [5.74, 6) is 1.91. The van der Waals surface area contributed by atoms with Gasteiger partial charge in [-0.25, -0.2) is 10.1 Å². The summed E-state index contributed by atoms with van der Waals surface area (Å²) in [6.45, 7) is 0.958. The molecular formula is C17H16BrClN4O2. The molecule has 0 aliphatic rings. The Balaban J connectivity index is 1.72. The lowest BCUT2D eigenvalue weighted by Crippen LogP contribution is -2.04. The molecule has 0 amide bonds. The molecule has 2 N–H and O–H groups in total. The van der Waals surface area contributed by atoms with E-state index in [0.717, 1.165) is 15.6 Å². The minimum absolute atomic E-state index is 0.402. The van der Waals surface area contributed by atoms with E-state index in [1.165, 1.54) is 6.33 Å². The smallest absolute Gasteiger partial charge is 0.218 e. The van der Waals surface area contributed by atoms with Gasteiger partial charge in [0.15, 0.2) is 11.5 Å². The number of anilines is 1. The Morgan fingerprint density at radius 1 is 1.24 bits per heavy atom. The standard InChI is InChI=1S/C17H16BrClN4O2/c1-24-15-6-12(8-20-17-21-10-22-23-17)14(18)7-16(15)25-9-11-3-2-4-13(19)5-11/h2-7,10H,8-9H2,1H3,(H2,20,21,22,23). The van der Waals surface area contributed by atoms with E-state index in [9.17, 15) is 0 Å². The molecule has 3 rings (SSSR count). The maximum Gasteiger partial charge on any atom is 0.218 e. The van der Waals surface area contributed by atoms with Crippen LogP contribution in [-0.2, 0) is 13.2 Å². The lowest BCUT2D eigenvalue weighted by molar-refractivity contribution is 0.284. The van der Waals surface area contributed by atoms with E-state index in [1.54, 1.807) is 7.11 Å². The van der Waals surface area contributed by atoms with Gasteiger partial charge in [0, 0.05) is 16.0 Å². The number of aromatic amines is 1. The van der Waals surface area contributed by atoms with Gasteiger partial charge in [-0.15, -0.1) is 0 Å². The number of nitrogens with zero attached hydrogens (tertiary/aromatic N) is 2. The van der Waals surface area contributed by atoms with Crippen molar-refractivity contribution in [2.24, 2.45) is 0 Å². The summed E-state index contributed by atoms with van der Waals surface area (Å²) in [6.07, 6.45) is 1.45. The SMILES string of the molecule is COc1cc(CNc2ncn[nH]2)c(Br)cc1OCc1cccc(Cl)c1. The molecule has 1 heterocycles. The van der Waals surface area contributed by atoms with Crippen LogP contribution in [0.5, 0.6) is 11.5 Å². The first kappa shape index (κ1) is 17.6. The first-order chi connectivity index (χ1) is 12.2. The number of nitrogens with one attached hydrogen (secondary N) is 2. The number of methoxy groups -OCH3 is 1. The average Bonchev–Trinajstić information content (AvgIpc) is 3.12. The number of hydrogen-bond donors (Lipinski definition) is 2. The van der Waals surface area contributed by atoms with E-state index >= 15 is 0 Å². The van der Waals surface area contributed by atoms with Gasteiger partial charge in [0.2, 0.25) is 5.95 Å². The van der Waals surface area contributed by atoms with E-state index in [4.69, 9.17) is 21.1 Å². The molecule has 8 heteroatoms. The molecule has 0 atom stereocenters. The van der Waals surface area contributed by atoms with Crippen molar-refractivity contribution in [1.82, 2.24) is 15.2 Å². The van der Waals surface area contributed by atoms with Crippen LogP contribution in [0.2, 0.25) is 5.02 Å². The zero-order valence-corrected chi connectivity index (χ0v) is 15.8. The molecule has 0 aliphatic heterocycles. The maximum atomic E-state index is 6.00. The topological polar surface area (TPSA) is 72.1 Å². The molecule has 0 fully saturated rings. The van der Waals surface area contributed by atoms with Crippen LogP contribution < -0.4 is 14.8 Å². The highest BCUT2D eigenvalue weighted by molar-refractivity contribution is 9.10. The molecule has 6 nitrogen and oxygen atoms in total. The molecule has 130 valence electrons. The Morgan fingerprint density at radius 3 is 2.84 bits per heavy atom. The first-order valence-corrected chi connectivity index (χ1v) is 8.65. The van der Waals surface area contributed by atoms with Crippen molar-refractivity contribution in [1.29, 1.82) is 0 Å². The van der Waals surface area contributed by atoms with Gasteiger partial charge in [0.1, 0.15) is 12.9 Å². The van der Waals surface area contributed by atoms with Gasteiger partial charge in [0.25, 0.3) is 0 Å². The number of benzene rings is 2. The molecule has 0 aliphatic carbocycles. The lowest BCUT2D eigenvalue weighted by atomic mass is 10.2. The normalized spacial score (nSPS) is 10.5. The predicted octanol–water partition coefficient (Wildman–Crippen LogP) is 4.42. The summed E-state index contributed by atoms with van der Waals surface area (Å²) in [6, 6.07) is 11.4. The third-order valence-corrected chi connectivity index (χ3v) is 4.45. The third-order valence-electron chi connectivity index (χ3n) is 3.48. The molecule has 0 bridgehead atoms. The Kier molecular flexibility index (Phi) is 5.78. The van der Waals surface area contributed by atoms with Crippen LogP contribution in [0.3, 0.4) is 0 Å². The highest BCUT2D eigenvalue weighted by atomic mass is 79.9. The lowest BCUT2D eigenvalue weighted by Gasteiger charge is -2.14. The molecule has 0 saturated carbocycles. The van der Waals surface area contributed by atoms with Gasteiger partial charge in [-0.1, -0.05) is 39.7 Å². The summed E-state index contributed by atoms with van der Waals surface area (Å²) >= 11 is 9.57. The second kappa shape index (κ2) is 8.22. The summed E-state index contributed by atoms with van der Waals surface area (Å²) in [4.78, 5) is 4.03. The fourth-order valence-electron chi connectivity index (χ4n) is 2.24. The highest BCUT2D eigenvalue weighted by Crippen LogP contribution is 2.34. The van der Waals surface area contributed by atoms with E-state index in [2.05, 4.69) is 36.4 Å². The monoisotopic (exact) mass is 422 g/mol. The van der Waals surface area contributed by atoms with Gasteiger partial charge in [-0.2, -0.15) is 5.10 Å².